The van der Waals surface area contributed by atoms with Crippen LogP contribution in [0.1, 0.15) is 13.3 Å². The van der Waals surface area contributed by atoms with Gasteiger partial charge in [-0.2, -0.15) is 0 Å². The van der Waals surface area contributed by atoms with Crippen LogP contribution in [-0.4, -0.2) is 23.6 Å². The standard InChI is InChI=1S/C13H14FNO4/c1-2-10(7-13(17)18)15-12(16)8-19-11-5-3-4-9(14)6-11/h3-7H,2,8H2,1H3,(H,15,16)(H,17,18)/b10-7+. The fraction of sp³-hybridized carbons (Fsp3) is 0.231. The maximum absolute atomic E-state index is 12.8. The normalized spacial score (nSPS) is 10.9. The number of carbonyl (C=O) groups excluding carboxylic acids is 1. The minimum absolute atomic E-state index is 0.232. The van der Waals surface area contributed by atoms with Gasteiger partial charge in [-0.3, -0.25) is 4.79 Å². The first-order chi connectivity index (χ1) is 9.01. The van der Waals surface area contributed by atoms with E-state index in [0.717, 1.165) is 12.1 Å². The van der Waals surface area contributed by atoms with Gasteiger partial charge in [-0.25, -0.2) is 9.18 Å². The Bertz CT molecular complexity index is 499. The van der Waals surface area contributed by atoms with Gasteiger partial charge in [-0.15, -0.1) is 0 Å². The van der Waals surface area contributed by atoms with Crippen molar-refractivity contribution < 1.29 is 23.8 Å². The second kappa shape index (κ2) is 7.15. The third kappa shape index (κ3) is 5.67. The number of hydrogen-bond acceptors (Lipinski definition) is 3. The van der Waals surface area contributed by atoms with E-state index in [0.29, 0.717) is 6.42 Å². The Morgan fingerprint density at radius 3 is 2.79 bits per heavy atom. The SMILES string of the molecule is CC/C(=C\C(=O)O)NC(=O)COc1cccc(F)c1. The van der Waals surface area contributed by atoms with Crippen LogP contribution in [0, 0.1) is 5.82 Å². The number of nitrogens with one attached hydrogen (secondary N) is 1. The summed E-state index contributed by atoms with van der Waals surface area (Å²) in [5.41, 5.74) is 0.278. The molecule has 0 atom stereocenters. The molecule has 0 saturated heterocycles. The molecule has 2 N–H and O–H groups in total. The lowest BCUT2D eigenvalue weighted by atomic mass is 10.3. The number of ether oxygens (including phenoxy) is 1. The van der Waals surface area contributed by atoms with Crippen molar-refractivity contribution in [2.24, 2.45) is 0 Å². The summed E-state index contributed by atoms with van der Waals surface area (Å²) in [5.74, 6) is -1.87. The van der Waals surface area contributed by atoms with Gasteiger partial charge in [0.1, 0.15) is 11.6 Å². The molecule has 1 rings (SSSR count). The summed E-state index contributed by atoms with van der Waals surface area (Å²) in [7, 11) is 0. The number of carboxylic acid groups (broad SMARTS) is 1. The van der Waals surface area contributed by atoms with Crippen LogP contribution in [0.3, 0.4) is 0 Å². The molecule has 1 amide bonds. The van der Waals surface area contributed by atoms with Crippen molar-refractivity contribution in [1.82, 2.24) is 5.32 Å². The molecule has 6 heteroatoms. The number of benzene rings is 1. The summed E-state index contributed by atoms with van der Waals surface area (Å²) in [5, 5.41) is 11.0. The first kappa shape index (κ1) is 14.7. The molecule has 19 heavy (non-hydrogen) atoms. The number of carboxylic acids is 1. The Morgan fingerprint density at radius 2 is 2.21 bits per heavy atom. The highest BCUT2D eigenvalue weighted by Crippen LogP contribution is 2.11. The Morgan fingerprint density at radius 1 is 1.47 bits per heavy atom. The van der Waals surface area contributed by atoms with Crippen LogP contribution < -0.4 is 10.1 Å². The number of allylic oxidation sites excluding steroid dienone is 1. The number of carbonyl (C=O) groups is 2. The maximum Gasteiger partial charge on any atom is 0.330 e. The molecule has 0 fully saturated rings. The molecule has 1 aromatic carbocycles. The second-order valence-electron chi connectivity index (χ2n) is 3.66. The third-order valence-electron chi connectivity index (χ3n) is 2.14. The summed E-state index contributed by atoms with van der Waals surface area (Å²) >= 11 is 0. The van der Waals surface area contributed by atoms with E-state index in [1.807, 2.05) is 0 Å². The lowest BCUT2D eigenvalue weighted by Crippen LogP contribution is -2.28. The molecule has 0 aromatic heterocycles. The molecule has 0 heterocycles. The van der Waals surface area contributed by atoms with Crippen molar-refractivity contribution in [2.45, 2.75) is 13.3 Å². The highest BCUT2D eigenvalue weighted by molar-refractivity contribution is 5.84. The van der Waals surface area contributed by atoms with E-state index in [1.54, 1.807) is 6.92 Å². The van der Waals surface area contributed by atoms with E-state index in [4.69, 9.17) is 9.84 Å². The van der Waals surface area contributed by atoms with Crippen LogP contribution in [0.4, 0.5) is 4.39 Å². The zero-order valence-electron chi connectivity index (χ0n) is 10.4. The Kier molecular flexibility index (Phi) is 5.53. The first-order valence-electron chi connectivity index (χ1n) is 5.63. The summed E-state index contributed by atoms with van der Waals surface area (Å²) < 4.78 is 17.9. The van der Waals surface area contributed by atoms with Crippen molar-refractivity contribution >= 4 is 11.9 Å². The van der Waals surface area contributed by atoms with Crippen molar-refractivity contribution in [2.75, 3.05) is 6.61 Å². The molecule has 0 radical (unpaired) electrons. The molecule has 0 aliphatic carbocycles. The molecular weight excluding hydrogens is 253 g/mol. The van der Waals surface area contributed by atoms with Gasteiger partial charge >= 0.3 is 5.97 Å². The molecule has 0 saturated carbocycles. The van der Waals surface area contributed by atoms with Gasteiger partial charge in [0.25, 0.3) is 5.91 Å². The summed E-state index contributed by atoms with van der Waals surface area (Å²) in [4.78, 5) is 22.0. The van der Waals surface area contributed by atoms with Gasteiger partial charge in [-0.05, 0) is 18.6 Å². The van der Waals surface area contributed by atoms with E-state index < -0.39 is 17.7 Å². The molecule has 0 aliphatic heterocycles. The fourth-order valence-electron chi connectivity index (χ4n) is 1.30. The topological polar surface area (TPSA) is 75.6 Å². The van der Waals surface area contributed by atoms with E-state index in [1.165, 1.54) is 18.2 Å². The molecule has 0 unspecified atom stereocenters. The summed E-state index contributed by atoms with van der Waals surface area (Å²) in [6, 6.07) is 5.40. The highest BCUT2D eigenvalue weighted by Gasteiger charge is 2.06. The van der Waals surface area contributed by atoms with Crippen molar-refractivity contribution in [1.29, 1.82) is 0 Å². The summed E-state index contributed by atoms with van der Waals surface area (Å²) in [6.07, 6.45) is 1.29. The lowest BCUT2D eigenvalue weighted by molar-refractivity contribution is -0.131. The zero-order chi connectivity index (χ0) is 14.3. The van der Waals surface area contributed by atoms with E-state index in [2.05, 4.69) is 5.32 Å². The van der Waals surface area contributed by atoms with Gasteiger partial charge in [0.05, 0.1) is 0 Å². The average Bonchev–Trinajstić information content (AvgIpc) is 2.35. The Hall–Kier alpha value is -2.37. The van der Waals surface area contributed by atoms with Crippen molar-refractivity contribution in [3.8, 4) is 5.75 Å². The maximum atomic E-state index is 12.8. The van der Waals surface area contributed by atoms with Crippen molar-refractivity contribution in [3.05, 3.63) is 41.9 Å². The van der Waals surface area contributed by atoms with Gasteiger partial charge in [0.15, 0.2) is 6.61 Å². The Labute approximate surface area is 109 Å². The largest absolute Gasteiger partial charge is 0.484 e. The molecule has 5 nitrogen and oxygen atoms in total. The average molecular weight is 267 g/mol. The van der Waals surface area contributed by atoms with Crippen LogP contribution in [0.25, 0.3) is 0 Å². The minimum Gasteiger partial charge on any atom is -0.484 e. The fourth-order valence-corrected chi connectivity index (χ4v) is 1.30. The van der Waals surface area contributed by atoms with Crippen LogP contribution in [0.15, 0.2) is 36.0 Å². The first-order valence-corrected chi connectivity index (χ1v) is 5.63. The number of hydrogen-bond donors (Lipinski definition) is 2. The predicted octanol–water partition coefficient (Wildman–Crippen LogP) is 1.70. The smallest absolute Gasteiger partial charge is 0.330 e. The van der Waals surface area contributed by atoms with Crippen LogP contribution in [-0.2, 0) is 9.59 Å². The van der Waals surface area contributed by atoms with Gasteiger partial charge in [0.2, 0.25) is 0 Å². The molecule has 0 aliphatic rings. The van der Waals surface area contributed by atoms with Gasteiger partial charge in [0, 0.05) is 17.8 Å². The highest BCUT2D eigenvalue weighted by atomic mass is 19.1. The van der Waals surface area contributed by atoms with Crippen molar-refractivity contribution in [3.63, 3.8) is 0 Å². The molecule has 102 valence electrons. The molecule has 0 bridgehead atoms. The molecular formula is C13H14FNO4. The van der Waals surface area contributed by atoms with E-state index in [-0.39, 0.29) is 18.1 Å². The lowest BCUT2D eigenvalue weighted by Gasteiger charge is -2.08. The van der Waals surface area contributed by atoms with Crippen LogP contribution in [0.2, 0.25) is 0 Å². The van der Waals surface area contributed by atoms with E-state index >= 15 is 0 Å². The number of aliphatic carboxylic acids is 1. The third-order valence-corrected chi connectivity index (χ3v) is 2.14. The van der Waals surface area contributed by atoms with Crippen LogP contribution in [0.5, 0.6) is 5.75 Å². The molecule has 1 aromatic rings. The second-order valence-corrected chi connectivity index (χ2v) is 3.66. The predicted molar refractivity (Wildman–Crippen MR) is 66.0 cm³/mol. The van der Waals surface area contributed by atoms with Gasteiger partial charge < -0.3 is 15.2 Å². The minimum atomic E-state index is -1.14. The number of rotatable bonds is 6. The summed E-state index contributed by atoms with van der Waals surface area (Å²) in [6.45, 7) is 1.39. The monoisotopic (exact) mass is 267 g/mol. The van der Waals surface area contributed by atoms with E-state index in [9.17, 15) is 14.0 Å². The number of amides is 1. The number of halogens is 1. The quantitative estimate of drug-likeness (QED) is 0.769. The Balaban J connectivity index is 2.50. The molecule has 0 spiro atoms. The van der Waals surface area contributed by atoms with Crippen LogP contribution >= 0.6 is 0 Å². The van der Waals surface area contributed by atoms with Gasteiger partial charge in [-0.1, -0.05) is 13.0 Å². The zero-order valence-corrected chi connectivity index (χ0v) is 10.4.